The number of nitrogens with zero attached hydrogens (tertiary/aromatic N) is 1. The lowest BCUT2D eigenvalue weighted by Gasteiger charge is -2.24. The highest BCUT2D eigenvalue weighted by molar-refractivity contribution is 5.38. The molecule has 21 heavy (non-hydrogen) atoms. The van der Waals surface area contributed by atoms with Gasteiger partial charge in [-0.15, -0.1) is 0 Å². The second-order valence-electron chi connectivity index (χ2n) is 6.63. The van der Waals surface area contributed by atoms with Crippen molar-refractivity contribution in [3.63, 3.8) is 0 Å². The van der Waals surface area contributed by atoms with Crippen molar-refractivity contribution in [2.75, 3.05) is 13.7 Å². The molecule has 118 valence electrons. The normalized spacial score (nSPS) is 16.5. The van der Waals surface area contributed by atoms with Crippen LogP contribution in [0.5, 0.6) is 5.75 Å². The molecule has 1 aromatic rings. The summed E-state index contributed by atoms with van der Waals surface area (Å²) in [6, 6.07) is 6.76. The van der Waals surface area contributed by atoms with Crippen LogP contribution in [0.3, 0.4) is 0 Å². The van der Waals surface area contributed by atoms with Crippen molar-refractivity contribution >= 4 is 0 Å². The summed E-state index contributed by atoms with van der Waals surface area (Å²) in [5, 5.41) is 9.79. The fourth-order valence-corrected chi connectivity index (χ4v) is 2.66. The zero-order valence-electron chi connectivity index (χ0n) is 13.8. The van der Waals surface area contributed by atoms with Gasteiger partial charge >= 0.3 is 0 Å². The van der Waals surface area contributed by atoms with Gasteiger partial charge in [-0.2, -0.15) is 0 Å². The SMILES string of the molecule is COc1ccc(C(C)O)cc1CN(CCC(C)C)C1CC1. The van der Waals surface area contributed by atoms with Crippen LogP contribution in [0, 0.1) is 5.92 Å². The Labute approximate surface area is 128 Å². The Morgan fingerprint density at radius 2 is 2.00 bits per heavy atom. The summed E-state index contributed by atoms with van der Waals surface area (Å²) < 4.78 is 5.50. The minimum absolute atomic E-state index is 0.431. The molecule has 1 unspecified atom stereocenters. The first-order valence-corrected chi connectivity index (χ1v) is 8.10. The molecule has 1 aliphatic carbocycles. The number of ether oxygens (including phenoxy) is 1. The lowest BCUT2D eigenvalue weighted by Crippen LogP contribution is -2.27. The van der Waals surface area contributed by atoms with Gasteiger partial charge in [0.15, 0.2) is 0 Å². The molecule has 1 aliphatic rings. The first-order valence-electron chi connectivity index (χ1n) is 8.10. The van der Waals surface area contributed by atoms with Crippen molar-refractivity contribution in [1.29, 1.82) is 0 Å². The van der Waals surface area contributed by atoms with E-state index in [0.717, 1.165) is 36.4 Å². The van der Waals surface area contributed by atoms with E-state index in [1.165, 1.54) is 24.8 Å². The highest BCUT2D eigenvalue weighted by Crippen LogP contribution is 2.32. The van der Waals surface area contributed by atoms with Crippen LogP contribution in [0.25, 0.3) is 0 Å². The maximum absolute atomic E-state index is 9.79. The van der Waals surface area contributed by atoms with Gasteiger partial charge in [0, 0.05) is 18.2 Å². The molecule has 0 aliphatic heterocycles. The molecule has 0 saturated heterocycles. The molecule has 0 aromatic heterocycles. The number of benzene rings is 1. The van der Waals surface area contributed by atoms with E-state index in [-0.39, 0.29) is 0 Å². The van der Waals surface area contributed by atoms with Crippen LogP contribution in [-0.4, -0.2) is 29.7 Å². The fourth-order valence-electron chi connectivity index (χ4n) is 2.66. The van der Waals surface area contributed by atoms with Crippen LogP contribution in [-0.2, 0) is 6.54 Å². The van der Waals surface area contributed by atoms with E-state index in [9.17, 15) is 5.11 Å². The smallest absolute Gasteiger partial charge is 0.123 e. The molecule has 3 nitrogen and oxygen atoms in total. The molecule has 1 fully saturated rings. The zero-order valence-corrected chi connectivity index (χ0v) is 13.8. The van der Waals surface area contributed by atoms with Gasteiger partial charge in [-0.05, 0) is 56.3 Å². The second kappa shape index (κ2) is 7.28. The molecule has 1 atom stereocenters. The molecular formula is C18H29NO2. The van der Waals surface area contributed by atoms with E-state index in [0.29, 0.717) is 0 Å². The third-order valence-corrected chi connectivity index (χ3v) is 4.22. The molecule has 2 rings (SSSR count). The lowest BCUT2D eigenvalue weighted by molar-refractivity contribution is 0.198. The predicted octanol–water partition coefficient (Wildman–Crippen LogP) is 3.76. The maximum atomic E-state index is 9.79. The van der Waals surface area contributed by atoms with Gasteiger partial charge in [-0.1, -0.05) is 19.9 Å². The van der Waals surface area contributed by atoms with Crippen molar-refractivity contribution in [3.05, 3.63) is 29.3 Å². The topological polar surface area (TPSA) is 32.7 Å². The van der Waals surface area contributed by atoms with Gasteiger partial charge in [0.25, 0.3) is 0 Å². The van der Waals surface area contributed by atoms with Gasteiger partial charge < -0.3 is 9.84 Å². The van der Waals surface area contributed by atoms with Crippen molar-refractivity contribution in [3.8, 4) is 5.75 Å². The Morgan fingerprint density at radius 3 is 2.52 bits per heavy atom. The molecule has 0 amide bonds. The van der Waals surface area contributed by atoms with E-state index in [1.54, 1.807) is 7.11 Å². The standard InChI is InChI=1S/C18H29NO2/c1-13(2)9-10-19(17-6-7-17)12-16-11-15(14(3)20)5-8-18(16)21-4/h5,8,11,13-14,17,20H,6-7,9-10,12H2,1-4H3. The summed E-state index contributed by atoms with van der Waals surface area (Å²) in [6.45, 7) is 8.42. The van der Waals surface area contributed by atoms with E-state index in [1.807, 2.05) is 19.1 Å². The van der Waals surface area contributed by atoms with Crippen molar-refractivity contribution < 1.29 is 9.84 Å². The first-order chi connectivity index (χ1) is 10.0. The van der Waals surface area contributed by atoms with E-state index in [2.05, 4.69) is 24.8 Å². The van der Waals surface area contributed by atoms with Crippen LogP contribution in [0.4, 0.5) is 0 Å². The van der Waals surface area contributed by atoms with Gasteiger partial charge in [0.2, 0.25) is 0 Å². The number of rotatable bonds is 8. The molecule has 3 heteroatoms. The number of aliphatic hydroxyl groups excluding tert-OH is 1. The molecule has 0 heterocycles. The molecular weight excluding hydrogens is 262 g/mol. The van der Waals surface area contributed by atoms with Crippen molar-refractivity contribution in [2.24, 2.45) is 5.92 Å². The van der Waals surface area contributed by atoms with Crippen molar-refractivity contribution in [2.45, 2.75) is 58.7 Å². The van der Waals surface area contributed by atoms with Crippen LogP contribution >= 0.6 is 0 Å². The monoisotopic (exact) mass is 291 g/mol. The van der Waals surface area contributed by atoms with Crippen LogP contribution < -0.4 is 4.74 Å². The Bertz CT molecular complexity index is 453. The number of aliphatic hydroxyl groups is 1. The molecule has 1 aromatic carbocycles. The van der Waals surface area contributed by atoms with Crippen LogP contribution in [0.1, 0.15) is 57.3 Å². The lowest BCUT2D eigenvalue weighted by atomic mass is 10.0. The van der Waals surface area contributed by atoms with Gasteiger partial charge in [-0.3, -0.25) is 4.90 Å². The van der Waals surface area contributed by atoms with Crippen LogP contribution in [0.2, 0.25) is 0 Å². The summed E-state index contributed by atoms with van der Waals surface area (Å²) in [7, 11) is 1.72. The zero-order chi connectivity index (χ0) is 15.4. The van der Waals surface area contributed by atoms with E-state index < -0.39 is 6.10 Å². The molecule has 1 N–H and O–H groups in total. The highest BCUT2D eigenvalue weighted by atomic mass is 16.5. The Balaban J connectivity index is 2.12. The Kier molecular flexibility index (Phi) is 5.65. The summed E-state index contributed by atoms with van der Waals surface area (Å²) in [5.74, 6) is 1.66. The average Bonchev–Trinajstić information content (AvgIpc) is 3.27. The van der Waals surface area contributed by atoms with Gasteiger partial charge in [0.05, 0.1) is 13.2 Å². The number of hydrogen-bond acceptors (Lipinski definition) is 3. The first kappa shape index (κ1) is 16.3. The Morgan fingerprint density at radius 1 is 1.29 bits per heavy atom. The number of hydrogen-bond donors (Lipinski definition) is 1. The third-order valence-electron chi connectivity index (χ3n) is 4.22. The van der Waals surface area contributed by atoms with E-state index >= 15 is 0 Å². The van der Waals surface area contributed by atoms with Gasteiger partial charge in [0.1, 0.15) is 5.75 Å². The summed E-state index contributed by atoms with van der Waals surface area (Å²) in [4.78, 5) is 2.57. The summed E-state index contributed by atoms with van der Waals surface area (Å²) in [5.41, 5.74) is 2.15. The fraction of sp³-hybridized carbons (Fsp3) is 0.667. The molecule has 0 spiro atoms. The van der Waals surface area contributed by atoms with Gasteiger partial charge in [-0.25, -0.2) is 0 Å². The third kappa shape index (κ3) is 4.72. The Hall–Kier alpha value is -1.06. The highest BCUT2D eigenvalue weighted by Gasteiger charge is 2.29. The summed E-state index contributed by atoms with van der Waals surface area (Å²) >= 11 is 0. The molecule has 1 saturated carbocycles. The van der Waals surface area contributed by atoms with Crippen LogP contribution in [0.15, 0.2) is 18.2 Å². The quantitative estimate of drug-likeness (QED) is 0.791. The number of methoxy groups -OCH3 is 1. The average molecular weight is 291 g/mol. The summed E-state index contributed by atoms with van der Waals surface area (Å²) in [6.07, 6.45) is 3.43. The second-order valence-corrected chi connectivity index (χ2v) is 6.63. The predicted molar refractivity (Wildman–Crippen MR) is 86.5 cm³/mol. The molecule has 0 bridgehead atoms. The maximum Gasteiger partial charge on any atom is 0.123 e. The largest absolute Gasteiger partial charge is 0.496 e. The minimum Gasteiger partial charge on any atom is -0.496 e. The van der Waals surface area contributed by atoms with E-state index in [4.69, 9.17) is 4.74 Å². The van der Waals surface area contributed by atoms with Crippen molar-refractivity contribution in [1.82, 2.24) is 4.90 Å². The molecule has 0 radical (unpaired) electrons. The minimum atomic E-state index is -0.431.